The van der Waals surface area contributed by atoms with E-state index in [0.717, 1.165) is 12.2 Å². The predicted octanol–water partition coefficient (Wildman–Crippen LogP) is 2.18. The normalized spacial score (nSPS) is 18.5. The zero-order valence-electron chi connectivity index (χ0n) is 9.12. The van der Waals surface area contributed by atoms with Crippen molar-refractivity contribution in [1.29, 1.82) is 0 Å². The average Bonchev–Trinajstić information content (AvgIpc) is 2.15. The van der Waals surface area contributed by atoms with Crippen LogP contribution in [0.15, 0.2) is 47.3 Å². The van der Waals surface area contributed by atoms with Gasteiger partial charge < -0.3 is 10.6 Å². The lowest BCUT2D eigenvalue weighted by Gasteiger charge is -2.17. The summed E-state index contributed by atoms with van der Waals surface area (Å²) in [4.78, 5) is 2.14. The van der Waals surface area contributed by atoms with Crippen molar-refractivity contribution in [3.05, 3.63) is 47.3 Å². The summed E-state index contributed by atoms with van der Waals surface area (Å²) in [6.07, 6.45) is 10.4. The van der Waals surface area contributed by atoms with Gasteiger partial charge in [-0.15, -0.1) is 0 Å². The van der Waals surface area contributed by atoms with Gasteiger partial charge in [-0.1, -0.05) is 12.2 Å². The van der Waals surface area contributed by atoms with Gasteiger partial charge in [-0.2, -0.15) is 0 Å². The zero-order chi connectivity index (χ0) is 10.6. The summed E-state index contributed by atoms with van der Waals surface area (Å²) in [7, 11) is 2.06. The summed E-state index contributed by atoms with van der Waals surface area (Å²) in [5.74, 6) is 0. The van der Waals surface area contributed by atoms with Crippen LogP contribution in [-0.4, -0.2) is 18.5 Å². The molecule has 0 aromatic rings. The van der Waals surface area contributed by atoms with Crippen molar-refractivity contribution in [2.24, 2.45) is 5.73 Å². The molecule has 0 saturated carbocycles. The fourth-order valence-electron chi connectivity index (χ4n) is 1.22. The van der Waals surface area contributed by atoms with Crippen LogP contribution in [0.25, 0.3) is 0 Å². The van der Waals surface area contributed by atoms with Gasteiger partial charge >= 0.3 is 0 Å². The maximum atomic E-state index is 5.56. The van der Waals surface area contributed by atoms with Gasteiger partial charge in [0.25, 0.3) is 0 Å². The van der Waals surface area contributed by atoms with Crippen LogP contribution in [0.4, 0.5) is 0 Å². The predicted molar refractivity (Wildman–Crippen MR) is 61.6 cm³/mol. The third-order valence-electron chi connectivity index (χ3n) is 2.16. The lowest BCUT2D eigenvalue weighted by molar-refractivity contribution is 0.503. The number of allylic oxidation sites excluding steroid dienone is 6. The van der Waals surface area contributed by atoms with Crippen LogP contribution in [0.3, 0.4) is 0 Å². The Hall–Kier alpha value is -1.44. The van der Waals surface area contributed by atoms with Crippen molar-refractivity contribution >= 4 is 0 Å². The fourth-order valence-corrected chi connectivity index (χ4v) is 1.22. The van der Waals surface area contributed by atoms with Crippen molar-refractivity contribution in [1.82, 2.24) is 4.90 Å². The first-order valence-electron chi connectivity index (χ1n) is 4.79. The van der Waals surface area contributed by atoms with Crippen LogP contribution < -0.4 is 5.73 Å². The Labute approximate surface area is 86.1 Å². The summed E-state index contributed by atoms with van der Waals surface area (Å²) in [5.41, 5.74) is 8.93. The highest BCUT2D eigenvalue weighted by Gasteiger charge is 2.00. The van der Waals surface area contributed by atoms with E-state index in [2.05, 4.69) is 43.3 Å². The second kappa shape index (κ2) is 4.70. The van der Waals surface area contributed by atoms with Gasteiger partial charge in [-0.25, -0.2) is 0 Å². The zero-order valence-corrected chi connectivity index (χ0v) is 9.12. The van der Waals surface area contributed by atoms with E-state index < -0.39 is 0 Å². The molecule has 14 heavy (non-hydrogen) atoms. The molecule has 2 heteroatoms. The van der Waals surface area contributed by atoms with E-state index in [1.807, 2.05) is 13.0 Å². The number of nitrogens with zero attached hydrogens (tertiary/aromatic N) is 1. The van der Waals surface area contributed by atoms with E-state index in [1.54, 1.807) is 0 Å². The number of hydrogen-bond acceptors (Lipinski definition) is 2. The SMILES string of the molecule is C/C(N)=C/C=C(\C)C1=CCN(C)C=C1. The van der Waals surface area contributed by atoms with Crippen LogP contribution in [-0.2, 0) is 0 Å². The minimum absolute atomic E-state index is 0.835. The van der Waals surface area contributed by atoms with Gasteiger partial charge in [0.1, 0.15) is 0 Å². The first-order chi connectivity index (χ1) is 6.59. The molecule has 1 aliphatic rings. The molecule has 0 saturated heterocycles. The Morgan fingerprint density at radius 2 is 2.14 bits per heavy atom. The molecule has 0 bridgehead atoms. The molecule has 2 nitrogen and oxygen atoms in total. The summed E-state index contributed by atoms with van der Waals surface area (Å²) >= 11 is 0. The largest absolute Gasteiger partial charge is 0.402 e. The minimum Gasteiger partial charge on any atom is -0.402 e. The Bertz CT molecular complexity index is 315. The molecular formula is C12H18N2. The van der Waals surface area contributed by atoms with Crippen LogP contribution in [0.2, 0.25) is 0 Å². The summed E-state index contributed by atoms with van der Waals surface area (Å²) in [6.45, 7) is 4.96. The highest BCUT2D eigenvalue weighted by molar-refractivity contribution is 5.41. The lowest BCUT2D eigenvalue weighted by atomic mass is 10.1. The first kappa shape index (κ1) is 10.6. The van der Waals surface area contributed by atoms with Crippen molar-refractivity contribution in [3.63, 3.8) is 0 Å². The molecule has 1 aliphatic heterocycles. The highest BCUT2D eigenvalue weighted by atomic mass is 15.1. The Morgan fingerprint density at radius 3 is 2.64 bits per heavy atom. The smallest absolute Gasteiger partial charge is 0.0359 e. The fraction of sp³-hybridized carbons (Fsp3) is 0.333. The number of rotatable bonds is 2. The van der Waals surface area contributed by atoms with E-state index >= 15 is 0 Å². The third-order valence-corrected chi connectivity index (χ3v) is 2.16. The van der Waals surface area contributed by atoms with Crippen LogP contribution in [0, 0.1) is 0 Å². The van der Waals surface area contributed by atoms with Gasteiger partial charge in [0.2, 0.25) is 0 Å². The van der Waals surface area contributed by atoms with Crippen LogP contribution in [0.5, 0.6) is 0 Å². The second-order valence-corrected chi connectivity index (χ2v) is 3.68. The maximum absolute atomic E-state index is 5.56. The average molecular weight is 190 g/mol. The number of nitrogens with two attached hydrogens (primary N) is 1. The molecular weight excluding hydrogens is 172 g/mol. The molecule has 0 aromatic heterocycles. The van der Waals surface area contributed by atoms with Gasteiger partial charge in [-0.05, 0) is 43.3 Å². The van der Waals surface area contributed by atoms with Gasteiger partial charge in [0.15, 0.2) is 0 Å². The lowest BCUT2D eigenvalue weighted by Crippen LogP contribution is -2.13. The molecule has 0 spiro atoms. The first-order valence-corrected chi connectivity index (χ1v) is 4.79. The molecule has 2 N–H and O–H groups in total. The molecule has 0 radical (unpaired) electrons. The second-order valence-electron chi connectivity index (χ2n) is 3.68. The van der Waals surface area contributed by atoms with Crippen molar-refractivity contribution in [3.8, 4) is 0 Å². The Morgan fingerprint density at radius 1 is 1.43 bits per heavy atom. The Kier molecular flexibility index (Phi) is 3.57. The van der Waals surface area contributed by atoms with Crippen LogP contribution >= 0.6 is 0 Å². The molecule has 0 atom stereocenters. The topological polar surface area (TPSA) is 29.3 Å². The molecule has 1 heterocycles. The molecule has 1 rings (SSSR count). The van der Waals surface area contributed by atoms with E-state index in [1.165, 1.54) is 11.1 Å². The monoisotopic (exact) mass is 190 g/mol. The van der Waals surface area contributed by atoms with Gasteiger partial charge in [0, 0.05) is 19.3 Å². The molecule has 0 unspecified atom stereocenters. The van der Waals surface area contributed by atoms with E-state index in [0.29, 0.717) is 0 Å². The molecule has 0 aliphatic carbocycles. The summed E-state index contributed by atoms with van der Waals surface area (Å²) in [5, 5.41) is 0. The van der Waals surface area contributed by atoms with Crippen LogP contribution in [0.1, 0.15) is 13.8 Å². The Balaban J connectivity index is 2.72. The van der Waals surface area contributed by atoms with Gasteiger partial charge in [-0.3, -0.25) is 0 Å². The highest BCUT2D eigenvalue weighted by Crippen LogP contribution is 2.14. The molecule has 0 amide bonds. The van der Waals surface area contributed by atoms with E-state index in [-0.39, 0.29) is 0 Å². The third kappa shape index (κ3) is 3.13. The van der Waals surface area contributed by atoms with Crippen molar-refractivity contribution < 1.29 is 0 Å². The number of hydrogen-bond donors (Lipinski definition) is 1. The van der Waals surface area contributed by atoms with Crippen molar-refractivity contribution in [2.45, 2.75) is 13.8 Å². The number of likely N-dealkylation sites (N-methyl/N-ethyl adjacent to an activating group) is 1. The summed E-state index contributed by atoms with van der Waals surface area (Å²) < 4.78 is 0. The molecule has 76 valence electrons. The molecule has 0 aromatic carbocycles. The summed E-state index contributed by atoms with van der Waals surface area (Å²) in [6, 6.07) is 0. The van der Waals surface area contributed by atoms with Crippen molar-refractivity contribution in [2.75, 3.05) is 13.6 Å². The quantitative estimate of drug-likeness (QED) is 0.676. The van der Waals surface area contributed by atoms with E-state index in [9.17, 15) is 0 Å². The van der Waals surface area contributed by atoms with Gasteiger partial charge in [0.05, 0.1) is 0 Å². The standard InChI is InChI=1S/C12H18N2/c1-10(4-5-11(2)13)12-6-8-14(3)9-7-12/h4-8H,9,13H2,1-3H3/b10-4+,11-5-. The minimum atomic E-state index is 0.835. The van der Waals surface area contributed by atoms with E-state index in [4.69, 9.17) is 5.73 Å². The molecule has 0 fully saturated rings. The maximum Gasteiger partial charge on any atom is 0.0359 e.